The third-order valence-electron chi connectivity index (χ3n) is 2.97. The first-order chi connectivity index (χ1) is 7.52. The van der Waals surface area contributed by atoms with Crippen molar-refractivity contribution < 1.29 is 13.2 Å². The number of sulfonamides is 1. The summed E-state index contributed by atoms with van der Waals surface area (Å²) < 4.78 is 25.7. The summed E-state index contributed by atoms with van der Waals surface area (Å²) in [4.78, 5) is 13.4. The quantitative estimate of drug-likeness (QED) is 0.747. The summed E-state index contributed by atoms with van der Waals surface area (Å²) in [5.74, 6) is 0.230. The van der Waals surface area contributed by atoms with Crippen LogP contribution in [0, 0.1) is 0 Å². The van der Waals surface area contributed by atoms with Crippen LogP contribution in [0.4, 0.5) is 0 Å². The van der Waals surface area contributed by atoms with Gasteiger partial charge in [0, 0.05) is 25.0 Å². The molecule has 1 saturated carbocycles. The number of likely N-dealkylation sites (tertiary alicyclic amines) is 1. The van der Waals surface area contributed by atoms with Crippen molar-refractivity contribution in [2.24, 2.45) is 0 Å². The molecule has 16 heavy (non-hydrogen) atoms. The van der Waals surface area contributed by atoms with Crippen LogP contribution in [-0.2, 0) is 14.8 Å². The van der Waals surface area contributed by atoms with Gasteiger partial charge in [0.05, 0.1) is 5.75 Å². The smallest absolute Gasteiger partial charge is 0.224 e. The van der Waals surface area contributed by atoms with Gasteiger partial charge in [-0.15, -0.1) is 0 Å². The second-order valence-electron chi connectivity index (χ2n) is 4.62. The summed E-state index contributed by atoms with van der Waals surface area (Å²) in [6.45, 7) is 2.38. The number of rotatable bonds is 5. The molecule has 1 N–H and O–H groups in total. The second-order valence-corrected chi connectivity index (χ2v) is 6.49. The summed E-state index contributed by atoms with van der Waals surface area (Å²) in [6.07, 6.45) is 3.06. The molecule has 1 aliphatic carbocycles. The topological polar surface area (TPSA) is 66.5 Å². The van der Waals surface area contributed by atoms with E-state index >= 15 is 0 Å². The zero-order valence-corrected chi connectivity index (χ0v) is 10.3. The highest BCUT2D eigenvalue weighted by Gasteiger charge is 2.40. The van der Waals surface area contributed by atoms with Crippen LogP contribution in [0.1, 0.15) is 32.6 Å². The van der Waals surface area contributed by atoms with Gasteiger partial charge in [0.1, 0.15) is 0 Å². The van der Waals surface area contributed by atoms with E-state index in [0.29, 0.717) is 25.4 Å². The molecule has 0 bridgehead atoms. The molecule has 0 aromatic heterocycles. The third kappa shape index (κ3) is 2.74. The van der Waals surface area contributed by atoms with Gasteiger partial charge in [0.15, 0.2) is 0 Å². The second kappa shape index (κ2) is 4.33. The van der Waals surface area contributed by atoms with Gasteiger partial charge >= 0.3 is 0 Å². The van der Waals surface area contributed by atoms with E-state index in [1.54, 1.807) is 0 Å². The highest BCUT2D eigenvalue weighted by molar-refractivity contribution is 7.89. The van der Waals surface area contributed by atoms with Crippen LogP contribution in [0.2, 0.25) is 0 Å². The van der Waals surface area contributed by atoms with Crippen LogP contribution >= 0.6 is 0 Å². The lowest BCUT2D eigenvalue weighted by Gasteiger charge is -2.16. The van der Waals surface area contributed by atoms with E-state index in [9.17, 15) is 13.2 Å². The van der Waals surface area contributed by atoms with E-state index in [1.165, 1.54) is 0 Å². The van der Waals surface area contributed by atoms with Crippen molar-refractivity contribution in [1.29, 1.82) is 0 Å². The molecule has 0 aromatic rings. The summed E-state index contributed by atoms with van der Waals surface area (Å²) in [7, 11) is -3.20. The van der Waals surface area contributed by atoms with Crippen molar-refractivity contribution in [1.82, 2.24) is 9.62 Å². The SMILES string of the molecule is CCCS(=O)(=O)NC1CC(=O)N(C2CC2)C1. The average Bonchev–Trinajstić information content (AvgIpc) is 2.91. The highest BCUT2D eigenvalue weighted by Crippen LogP contribution is 2.30. The fraction of sp³-hybridized carbons (Fsp3) is 0.900. The Bertz CT molecular complexity index is 376. The maximum atomic E-state index is 11.6. The fourth-order valence-electron chi connectivity index (χ4n) is 2.13. The Hall–Kier alpha value is -0.620. The van der Waals surface area contributed by atoms with E-state index in [2.05, 4.69) is 4.72 Å². The minimum atomic E-state index is -3.20. The molecule has 1 heterocycles. The van der Waals surface area contributed by atoms with E-state index in [4.69, 9.17) is 0 Å². The monoisotopic (exact) mass is 246 g/mol. The molecule has 1 amide bonds. The summed E-state index contributed by atoms with van der Waals surface area (Å²) >= 11 is 0. The lowest BCUT2D eigenvalue weighted by molar-refractivity contribution is -0.128. The first-order valence-corrected chi connectivity index (χ1v) is 7.46. The van der Waals surface area contributed by atoms with Gasteiger partial charge in [-0.05, 0) is 19.3 Å². The van der Waals surface area contributed by atoms with E-state index in [0.717, 1.165) is 12.8 Å². The Labute approximate surface area is 96.2 Å². The van der Waals surface area contributed by atoms with Crippen LogP contribution < -0.4 is 4.72 Å². The van der Waals surface area contributed by atoms with Crippen molar-refractivity contribution >= 4 is 15.9 Å². The molecule has 1 unspecified atom stereocenters. The first-order valence-electron chi connectivity index (χ1n) is 5.81. The predicted octanol–water partition coefficient (Wildman–Crippen LogP) is 0.0791. The average molecular weight is 246 g/mol. The van der Waals surface area contributed by atoms with Gasteiger partial charge in [-0.1, -0.05) is 6.92 Å². The molecule has 1 saturated heterocycles. The number of carbonyl (C=O) groups is 1. The van der Waals surface area contributed by atoms with Crippen molar-refractivity contribution in [3.8, 4) is 0 Å². The number of nitrogens with zero attached hydrogens (tertiary/aromatic N) is 1. The molecule has 0 radical (unpaired) electrons. The lowest BCUT2D eigenvalue weighted by Crippen LogP contribution is -2.38. The zero-order chi connectivity index (χ0) is 11.8. The molecular weight excluding hydrogens is 228 g/mol. The van der Waals surface area contributed by atoms with Crippen LogP contribution in [-0.4, -0.2) is 43.6 Å². The molecule has 1 aliphatic heterocycles. The predicted molar refractivity (Wildman–Crippen MR) is 60.4 cm³/mol. The van der Waals surface area contributed by atoms with Gasteiger partial charge < -0.3 is 4.90 Å². The number of carbonyl (C=O) groups excluding carboxylic acids is 1. The molecule has 2 rings (SSSR count). The maximum Gasteiger partial charge on any atom is 0.224 e. The summed E-state index contributed by atoms with van der Waals surface area (Å²) in [5, 5.41) is 0. The third-order valence-corrected chi connectivity index (χ3v) is 4.60. The van der Waals surface area contributed by atoms with Gasteiger partial charge in [0.2, 0.25) is 15.9 Å². The maximum absolute atomic E-state index is 11.6. The Kier molecular flexibility index (Phi) is 3.21. The van der Waals surface area contributed by atoms with Crippen molar-refractivity contribution in [2.75, 3.05) is 12.3 Å². The van der Waals surface area contributed by atoms with Crippen LogP contribution in [0.15, 0.2) is 0 Å². The van der Waals surface area contributed by atoms with Crippen LogP contribution in [0.3, 0.4) is 0 Å². The number of hydrogen-bond donors (Lipinski definition) is 1. The first kappa shape index (κ1) is 11.9. The Balaban J connectivity index is 1.90. The normalized spacial score (nSPS) is 26.4. The van der Waals surface area contributed by atoms with Crippen molar-refractivity contribution in [2.45, 2.75) is 44.7 Å². The lowest BCUT2D eigenvalue weighted by atomic mass is 10.3. The fourth-order valence-corrected chi connectivity index (χ4v) is 3.45. The van der Waals surface area contributed by atoms with Gasteiger partial charge in [-0.3, -0.25) is 4.79 Å². The molecule has 2 fully saturated rings. The number of hydrogen-bond acceptors (Lipinski definition) is 3. The van der Waals surface area contributed by atoms with Gasteiger partial charge in [-0.2, -0.15) is 0 Å². The Morgan fingerprint density at radius 2 is 2.12 bits per heavy atom. The molecule has 0 spiro atoms. The summed E-state index contributed by atoms with van der Waals surface area (Å²) in [6, 6.07) is 0.165. The standard InChI is InChI=1S/C10H18N2O3S/c1-2-5-16(14,15)11-8-6-10(13)12(7-8)9-3-4-9/h8-9,11H,2-7H2,1H3. The molecular formula is C10H18N2O3S. The number of amides is 1. The minimum Gasteiger partial charge on any atom is -0.338 e. The molecule has 1 atom stereocenters. The zero-order valence-electron chi connectivity index (χ0n) is 9.48. The van der Waals surface area contributed by atoms with E-state index in [1.807, 2.05) is 11.8 Å². The number of nitrogens with one attached hydrogen (secondary N) is 1. The van der Waals surface area contributed by atoms with Gasteiger partial charge in [-0.25, -0.2) is 13.1 Å². The Morgan fingerprint density at radius 3 is 2.69 bits per heavy atom. The largest absolute Gasteiger partial charge is 0.338 e. The molecule has 92 valence electrons. The summed E-state index contributed by atoms with van der Waals surface area (Å²) in [5.41, 5.74) is 0. The van der Waals surface area contributed by atoms with E-state index < -0.39 is 10.0 Å². The molecule has 0 aromatic carbocycles. The van der Waals surface area contributed by atoms with E-state index in [-0.39, 0.29) is 17.7 Å². The van der Waals surface area contributed by atoms with Gasteiger partial charge in [0.25, 0.3) is 0 Å². The molecule has 2 aliphatic rings. The minimum absolute atomic E-state index is 0.0895. The van der Waals surface area contributed by atoms with Crippen molar-refractivity contribution in [3.63, 3.8) is 0 Å². The van der Waals surface area contributed by atoms with Crippen LogP contribution in [0.25, 0.3) is 0 Å². The highest BCUT2D eigenvalue weighted by atomic mass is 32.2. The Morgan fingerprint density at radius 1 is 1.44 bits per heavy atom. The van der Waals surface area contributed by atoms with Crippen molar-refractivity contribution in [3.05, 3.63) is 0 Å². The van der Waals surface area contributed by atoms with Crippen LogP contribution in [0.5, 0.6) is 0 Å². The molecule has 5 nitrogen and oxygen atoms in total. The molecule has 6 heteroatoms.